The highest BCUT2D eigenvalue weighted by molar-refractivity contribution is 5.20. The van der Waals surface area contributed by atoms with Gasteiger partial charge in [0.25, 0.3) is 0 Å². The Morgan fingerprint density at radius 2 is 2.05 bits per heavy atom. The van der Waals surface area contributed by atoms with Crippen molar-refractivity contribution in [3.05, 3.63) is 23.2 Å². The van der Waals surface area contributed by atoms with Gasteiger partial charge in [-0.3, -0.25) is 4.90 Å². The number of rotatable bonds is 4. The van der Waals surface area contributed by atoms with Gasteiger partial charge < -0.3 is 9.73 Å². The van der Waals surface area contributed by atoms with Gasteiger partial charge in [-0.05, 0) is 71.6 Å². The zero-order chi connectivity index (χ0) is 15.6. The molecule has 2 rings (SSSR count). The van der Waals surface area contributed by atoms with Gasteiger partial charge in [0.15, 0.2) is 0 Å². The number of hydrogen-bond donors (Lipinski definition) is 1. The normalized spacial score (nSPS) is 24.5. The van der Waals surface area contributed by atoms with Crippen LogP contribution in [0.3, 0.4) is 0 Å². The number of aryl methyl sites for hydroxylation is 1. The first-order valence-corrected chi connectivity index (χ1v) is 8.32. The van der Waals surface area contributed by atoms with Crippen LogP contribution in [0.25, 0.3) is 0 Å². The molecular weight excluding hydrogens is 260 g/mol. The van der Waals surface area contributed by atoms with E-state index in [-0.39, 0.29) is 5.54 Å². The molecule has 3 nitrogen and oxygen atoms in total. The van der Waals surface area contributed by atoms with Crippen molar-refractivity contribution in [3.8, 4) is 0 Å². The van der Waals surface area contributed by atoms with Crippen molar-refractivity contribution in [2.24, 2.45) is 5.92 Å². The molecule has 1 saturated heterocycles. The maximum absolute atomic E-state index is 6.08. The van der Waals surface area contributed by atoms with Crippen LogP contribution in [-0.2, 0) is 13.1 Å². The molecule has 0 spiro atoms. The molecule has 2 heterocycles. The molecule has 0 saturated carbocycles. The van der Waals surface area contributed by atoms with Crippen molar-refractivity contribution < 1.29 is 4.42 Å². The third-order valence-electron chi connectivity index (χ3n) is 4.49. The number of nitrogens with zero attached hydrogens (tertiary/aromatic N) is 1. The second kappa shape index (κ2) is 6.53. The Kier molecular flexibility index (Phi) is 5.15. The molecule has 1 aliphatic heterocycles. The van der Waals surface area contributed by atoms with Crippen molar-refractivity contribution in [1.29, 1.82) is 0 Å². The highest BCUT2D eigenvalue weighted by Gasteiger charge is 2.24. The number of furan rings is 1. The summed E-state index contributed by atoms with van der Waals surface area (Å²) in [7, 11) is 0. The fraction of sp³-hybridized carbons (Fsp3) is 0.778. The monoisotopic (exact) mass is 292 g/mol. The molecule has 0 aliphatic carbocycles. The highest BCUT2D eigenvalue weighted by Crippen LogP contribution is 2.25. The van der Waals surface area contributed by atoms with Crippen LogP contribution in [0.15, 0.2) is 10.5 Å². The van der Waals surface area contributed by atoms with E-state index in [1.165, 1.54) is 24.9 Å². The predicted octanol–water partition coefficient (Wildman–Crippen LogP) is 4.10. The van der Waals surface area contributed by atoms with Crippen molar-refractivity contribution in [1.82, 2.24) is 10.2 Å². The summed E-state index contributed by atoms with van der Waals surface area (Å²) in [6, 6.07) is 2.88. The van der Waals surface area contributed by atoms with E-state index >= 15 is 0 Å². The minimum atomic E-state index is 0.122. The van der Waals surface area contributed by atoms with Crippen LogP contribution in [0.1, 0.15) is 64.5 Å². The van der Waals surface area contributed by atoms with Crippen LogP contribution in [0.2, 0.25) is 0 Å². The van der Waals surface area contributed by atoms with Crippen molar-refractivity contribution in [2.45, 2.75) is 79.1 Å². The van der Waals surface area contributed by atoms with E-state index in [0.717, 1.165) is 30.5 Å². The van der Waals surface area contributed by atoms with Crippen LogP contribution in [0.4, 0.5) is 0 Å². The first-order valence-electron chi connectivity index (χ1n) is 8.32. The lowest BCUT2D eigenvalue weighted by Crippen LogP contribution is -2.39. The van der Waals surface area contributed by atoms with Crippen molar-refractivity contribution in [3.63, 3.8) is 0 Å². The largest absolute Gasteiger partial charge is 0.463 e. The lowest BCUT2D eigenvalue weighted by molar-refractivity contribution is 0.113. The van der Waals surface area contributed by atoms with Gasteiger partial charge in [-0.25, -0.2) is 0 Å². The summed E-state index contributed by atoms with van der Waals surface area (Å²) in [5, 5.41) is 3.50. The van der Waals surface area contributed by atoms with E-state index in [0.29, 0.717) is 6.04 Å². The van der Waals surface area contributed by atoms with Gasteiger partial charge in [-0.15, -0.1) is 0 Å². The van der Waals surface area contributed by atoms with Gasteiger partial charge in [0.1, 0.15) is 11.5 Å². The lowest BCUT2D eigenvalue weighted by Gasteiger charge is -2.35. The Balaban J connectivity index is 1.95. The Labute approximate surface area is 130 Å². The van der Waals surface area contributed by atoms with Gasteiger partial charge in [0, 0.05) is 11.6 Å². The van der Waals surface area contributed by atoms with Gasteiger partial charge in [0.05, 0.1) is 13.1 Å². The van der Waals surface area contributed by atoms with Crippen molar-refractivity contribution in [2.75, 3.05) is 6.54 Å². The molecule has 2 atom stereocenters. The minimum absolute atomic E-state index is 0.122. The summed E-state index contributed by atoms with van der Waals surface area (Å²) in [6.45, 7) is 16.3. The molecule has 0 aromatic carbocycles. The Morgan fingerprint density at radius 3 is 2.67 bits per heavy atom. The molecule has 1 aliphatic rings. The Bertz CT molecular complexity index is 458. The maximum atomic E-state index is 6.08. The lowest BCUT2D eigenvalue weighted by atomic mass is 9.93. The van der Waals surface area contributed by atoms with Crippen LogP contribution < -0.4 is 5.32 Å². The van der Waals surface area contributed by atoms with Gasteiger partial charge in [-0.1, -0.05) is 6.92 Å². The van der Waals surface area contributed by atoms with Crippen LogP contribution in [0.5, 0.6) is 0 Å². The van der Waals surface area contributed by atoms with Crippen LogP contribution in [0, 0.1) is 12.8 Å². The average molecular weight is 292 g/mol. The summed E-state index contributed by atoms with van der Waals surface area (Å²) in [6.07, 6.45) is 2.61. The van der Waals surface area contributed by atoms with E-state index in [4.69, 9.17) is 4.42 Å². The zero-order valence-electron chi connectivity index (χ0n) is 14.6. The Hall–Kier alpha value is -0.800. The SMILES string of the molecule is Cc1cc(CN2CCC(C)CC2C)oc1CNC(C)(C)C. The van der Waals surface area contributed by atoms with E-state index in [2.05, 4.69) is 57.8 Å². The fourth-order valence-corrected chi connectivity index (χ4v) is 3.08. The molecule has 2 unspecified atom stereocenters. The van der Waals surface area contributed by atoms with Gasteiger partial charge >= 0.3 is 0 Å². The predicted molar refractivity (Wildman–Crippen MR) is 88.3 cm³/mol. The van der Waals surface area contributed by atoms with E-state index < -0.39 is 0 Å². The maximum Gasteiger partial charge on any atom is 0.120 e. The summed E-state index contributed by atoms with van der Waals surface area (Å²) in [5.74, 6) is 3.05. The molecule has 21 heavy (non-hydrogen) atoms. The first-order chi connectivity index (χ1) is 9.74. The molecule has 0 amide bonds. The summed E-state index contributed by atoms with van der Waals surface area (Å²) >= 11 is 0. The molecule has 3 heteroatoms. The third-order valence-corrected chi connectivity index (χ3v) is 4.49. The molecular formula is C18H32N2O. The average Bonchev–Trinajstić information content (AvgIpc) is 2.70. The fourth-order valence-electron chi connectivity index (χ4n) is 3.08. The number of nitrogens with one attached hydrogen (secondary N) is 1. The second-order valence-corrected chi connectivity index (χ2v) is 7.87. The molecule has 1 N–H and O–H groups in total. The van der Waals surface area contributed by atoms with Crippen molar-refractivity contribution >= 4 is 0 Å². The molecule has 1 aromatic rings. The van der Waals surface area contributed by atoms with Gasteiger partial charge in [0.2, 0.25) is 0 Å². The van der Waals surface area contributed by atoms with Gasteiger partial charge in [-0.2, -0.15) is 0 Å². The number of hydrogen-bond acceptors (Lipinski definition) is 3. The molecule has 0 radical (unpaired) electrons. The number of piperidine rings is 1. The molecule has 120 valence electrons. The summed E-state index contributed by atoms with van der Waals surface area (Å²) < 4.78 is 6.08. The van der Waals surface area contributed by atoms with Crippen LogP contribution in [-0.4, -0.2) is 23.0 Å². The summed E-state index contributed by atoms with van der Waals surface area (Å²) in [4.78, 5) is 2.55. The standard InChI is InChI=1S/C18H32N2O/c1-13-7-8-20(15(3)9-13)12-16-10-14(2)17(21-16)11-19-18(4,5)6/h10,13,15,19H,7-9,11-12H2,1-6H3. The third kappa shape index (κ3) is 4.86. The molecule has 1 fully saturated rings. The minimum Gasteiger partial charge on any atom is -0.463 e. The van der Waals surface area contributed by atoms with E-state index in [1.54, 1.807) is 0 Å². The first kappa shape index (κ1) is 16.6. The van der Waals surface area contributed by atoms with Crippen LogP contribution >= 0.6 is 0 Å². The van der Waals surface area contributed by atoms with E-state index in [9.17, 15) is 0 Å². The molecule has 0 bridgehead atoms. The number of likely N-dealkylation sites (tertiary alicyclic amines) is 1. The second-order valence-electron chi connectivity index (χ2n) is 7.87. The molecule has 1 aromatic heterocycles. The Morgan fingerprint density at radius 1 is 1.33 bits per heavy atom. The smallest absolute Gasteiger partial charge is 0.120 e. The quantitative estimate of drug-likeness (QED) is 0.906. The summed E-state index contributed by atoms with van der Waals surface area (Å²) in [5.41, 5.74) is 1.39. The topological polar surface area (TPSA) is 28.4 Å². The van der Waals surface area contributed by atoms with E-state index in [1.807, 2.05) is 0 Å². The zero-order valence-corrected chi connectivity index (χ0v) is 14.6. The highest BCUT2D eigenvalue weighted by atomic mass is 16.3.